The van der Waals surface area contributed by atoms with Crippen molar-refractivity contribution in [3.63, 3.8) is 0 Å². The molecule has 0 fully saturated rings. The molecule has 130 valence electrons. The highest BCUT2D eigenvalue weighted by Crippen LogP contribution is 2.26. The summed E-state index contributed by atoms with van der Waals surface area (Å²) in [5.41, 5.74) is 3.32. The Kier molecular flexibility index (Phi) is 4.34. The van der Waals surface area contributed by atoms with Crippen molar-refractivity contribution in [2.24, 2.45) is 0 Å². The molecule has 0 radical (unpaired) electrons. The fourth-order valence-electron chi connectivity index (χ4n) is 2.74. The van der Waals surface area contributed by atoms with Gasteiger partial charge in [-0.1, -0.05) is 6.07 Å². The molecular weight excluding hydrogens is 340 g/mol. The Morgan fingerprint density at radius 1 is 1.12 bits per heavy atom. The molecule has 0 aliphatic carbocycles. The molecule has 0 saturated heterocycles. The highest BCUT2D eigenvalue weighted by Gasteiger charge is 2.17. The molecule has 2 amide bonds. The van der Waals surface area contributed by atoms with Crippen LogP contribution in [0.1, 0.15) is 27.9 Å². The second-order valence-corrected chi connectivity index (χ2v) is 8.14. The first-order valence-corrected chi connectivity index (χ1v) is 9.68. The van der Waals surface area contributed by atoms with Crippen LogP contribution in [0, 0.1) is 6.92 Å². The zero-order valence-electron chi connectivity index (χ0n) is 13.9. The summed E-state index contributed by atoms with van der Waals surface area (Å²) in [5, 5.41) is 5.58. The third-order valence-electron chi connectivity index (χ3n) is 4.14. The van der Waals surface area contributed by atoms with E-state index in [1.54, 1.807) is 25.1 Å². The van der Waals surface area contributed by atoms with Gasteiger partial charge in [-0.3, -0.25) is 9.59 Å². The van der Waals surface area contributed by atoms with Crippen LogP contribution in [0.25, 0.3) is 0 Å². The summed E-state index contributed by atoms with van der Waals surface area (Å²) >= 11 is 0. The fourth-order valence-corrected chi connectivity index (χ4v) is 3.38. The zero-order valence-corrected chi connectivity index (χ0v) is 14.7. The van der Waals surface area contributed by atoms with E-state index in [4.69, 9.17) is 0 Å². The monoisotopic (exact) mass is 358 g/mol. The number of hydrogen-bond donors (Lipinski definition) is 2. The van der Waals surface area contributed by atoms with E-state index in [1.807, 2.05) is 6.07 Å². The molecule has 0 saturated carbocycles. The summed E-state index contributed by atoms with van der Waals surface area (Å²) in [7, 11) is -3.39. The second kappa shape index (κ2) is 6.33. The summed E-state index contributed by atoms with van der Waals surface area (Å²) in [4.78, 5) is 24.1. The average molecular weight is 358 g/mol. The van der Waals surface area contributed by atoms with Crippen molar-refractivity contribution in [3.05, 3.63) is 53.1 Å². The molecule has 2 aromatic carbocycles. The predicted octanol–water partition coefficient (Wildman–Crippen LogP) is 2.54. The van der Waals surface area contributed by atoms with Crippen LogP contribution in [-0.4, -0.2) is 26.5 Å². The van der Waals surface area contributed by atoms with Gasteiger partial charge in [-0.05, 0) is 54.8 Å². The molecule has 0 aromatic heterocycles. The van der Waals surface area contributed by atoms with Crippen LogP contribution in [0.5, 0.6) is 0 Å². The molecule has 25 heavy (non-hydrogen) atoms. The van der Waals surface area contributed by atoms with Gasteiger partial charge in [-0.2, -0.15) is 0 Å². The van der Waals surface area contributed by atoms with Gasteiger partial charge in [0.2, 0.25) is 5.91 Å². The average Bonchev–Trinajstić information content (AvgIpc) is 2.54. The number of nitrogens with one attached hydrogen (secondary N) is 2. The largest absolute Gasteiger partial charge is 0.326 e. The van der Waals surface area contributed by atoms with E-state index in [-0.39, 0.29) is 16.7 Å². The Balaban J connectivity index is 1.87. The Morgan fingerprint density at radius 3 is 2.60 bits per heavy atom. The molecule has 2 aromatic rings. The number of rotatable bonds is 3. The molecule has 0 unspecified atom stereocenters. The minimum absolute atomic E-state index is 0.0162. The maximum Gasteiger partial charge on any atom is 0.255 e. The smallest absolute Gasteiger partial charge is 0.255 e. The summed E-state index contributed by atoms with van der Waals surface area (Å²) in [6.45, 7) is 1.75. The number of carbonyl (C=O) groups is 2. The molecule has 6 nitrogen and oxygen atoms in total. The lowest BCUT2D eigenvalue weighted by Gasteiger charge is -2.18. The molecule has 0 bridgehead atoms. The molecule has 1 heterocycles. The topological polar surface area (TPSA) is 92.3 Å². The number of benzene rings is 2. The summed E-state index contributed by atoms with van der Waals surface area (Å²) in [6, 6.07) is 9.78. The number of anilines is 2. The Labute approximate surface area is 146 Å². The van der Waals surface area contributed by atoms with Crippen molar-refractivity contribution in [2.45, 2.75) is 24.7 Å². The fraction of sp³-hybridized carbons (Fsp3) is 0.222. The minimum atomic E-state index is -3.39. The highest BCUT2D eigenvalue weighted by molar-refractivity contribution is 7.90. The van der Waals surface area contributed by atoms with Crippen molar-refractivity contribution in [3.8, 4) is 0 Å². The molecule has 1 aliphatic rings. The number of carbonyl (C=O) groups excluding carboxylic acids is 2. The number of aryl methyl sites for hydroxylation is 2. The standard InChI is InChI=1S/C18H18N2O4S/c1-11-3-6-14(25(2,23)24)10-15(11)18(22)19-13-5-7-16-12(9-13)4-8-17(21)20-16/h3,5-7,9-10H,4,8H2,1-2H3,(H,19,22)(H,20,21). The number of hydrogen-bond acceptors (Lipinski definition) is 4. The van der Waals surface area contributed by atoms with Gasteiger partial charge in [-0.25, -0.2) is 8.42 Å². The van der Waals surface area contributed by atoms with Crippen LogP contribution in [0.4, 0.5) is 11.4 Å². The molecule has 7 heteroatoms. The van der Waals surface area contributed by atoms with Gasteiger partial charge in [0.15, 0.2) is 9.84 Å². The van der Waals surface area contributed by atoms with Crippen LogP contribution < -0.4 is 10.6 Å². The maximum absolute atomic E-state index is 12.6. The van der Waals surface area contributed by atoms with Gasteiger partial charge in [-0.15, -0.1) is 0 Å². The first-order valence-electron chi connectivity index (χ1n) is 7.79. The second-order valence-electron chi connectivity index (χ2n) is 6.12. The number of amides is 2. The minimum Gasteiger partial charge on any atom is -0.326 e. The van der Waals surface area contributed by atoms with Crippen LogP contribution in [0.2, 0.25) is 0 Å². The summed E-state index contributed by atoms with van der Waals surface area (Å²) in [5.74, 6) is -0.389. The van der Waals surface area contributed by atoms with Crippen LogP contribution in [-0.2, 0) is 21.1 Å². The molecular formula is C18H18N2O4S. The van der Waals surface area contributed by atoms with E-state index in [2.05, 4.69) is 10.6 Å². The van der Waals surface area contributed by atoms with E-state index >= 15 is 0 Å². The first-order chi connectivity index (χ1) is 11.7. The molecule has 3 rings (SSSR count). The quantitative estimate of drug-likeness (QED) is 0.882. The number of fused-ring (bicyclic) bond motifs is 1. The summed E-state index contributed by atoms with van der Waals surface area (Å²) < 4.78 is 23.4. The third kappa shape index (κ3) is 3.71. The van der Waals surface area contributed by atoms with Crippen LogP contribution in [0.3, 0.4) is 0 Å². The van der Waals surface area contributed by atoms with Crippen molar-refractivity contribution < 1.29 is 18.0 Å². The molecule has 0 atom stereocenters. The summed E-state index contributed by atoms with van der Waals surface area (Å²) in [6.07, 6.45) is 2.14. The van der Waals surface area contributed by atoms with Gasteiger partial charge in [0.25, 0.3) is 5.91 Å². The predicted molar refractivity (Wildman–Crippen MR) is 95.6 cm³/mol. The highest BCUT2D eigenvalue weighted by atomic mass is 32.2. The number of sulfone groups is 1. The third-order valence-corrected chi connectivity index (χ3v) is 5.25. The molecule has 1 aliphatic heterocycles. The van der Waals surface area contributed by atoms with E-state index in [0.29, 0.717) is 29.7 Å². The Bertz CT molecular complexity index is 981. The van der Waals surface area contributed by atoms with Gasteiger partial charge < -0.3 is 10.6 Å². The lowest BCUT2D eigenvalue weighted by atomic mass is 10.0. The zero-order chi connectivity index (χ0) is 18.2. The Hall–Kier alpha value is -2.67. The normalized spacial score (nSPS) is 13.8. The van der Waals surface area contributed by atoms with Gasteiger partial charge in [0, 0.05) is 29.6 Å². The van der Waals surface area contributed by atoms with E-state index < -0.39 is 9.84 Å². The van der Waals surface area contributed by atoms with Gasteiger partial charge >= 0.3 is 0 Å². The Morgan fingerprint density at radius 2 is 1.88 bits per heavy atom. The van der Waals surface area contributed by atoms with Crippen molar-refractivity contribution in [1.82, 2.24) is 0 Å². The lowest BCUT2D eigenvalue weighted by Crippen LogP contribution is -2.19. The molecule has 0 spiro atoms. The van der Waals surface area contributed by atoms with Crippen LogP contribution >= 0.6 is 0 Å². The maximum atomic E-state index is 12.6. The van der Waals surface area contributed by atoms with Gasteiger partial charge in [0.05, 0.1) is 4.90 Å². The SMILES string of the molecule is Cc1ccc(S(C)(=O)=O)cc1C(=O)Nc1ccc2c(c1)CCC(=O)N2. The van der Waals surface area contributed by atoms with Crippen molar-refractivity contribution in [1.29, 1.82) is 0 Å². The first kappa shape index (κ1) is 17.2. The molecule has 2 N–H and O–H groups in total. The van der Waals surface area contributed by atoms with E-state index in [9.17, 15) is 18.0 Å². The lowest BCUT2D eigenvalue weighted by molar-refractivity contribution is -0.116. The van der Waals surface area contributed by atoms with Crippen LogP contribution in [0.15, 0.2) is 41.3 Å². The van der Waals surface area contributed by atoms with Crippen molar-refractivity contribution >= 4 is 33.0 Å². The van der Waals surface area contributed by atoms with Gasteiger partial charge in [0.1, 0.15) is 0 Å². The van der Waals surface area contributed by atoms with Crippen molar-refractivity contribution in [2.75, 3.05) is 16.9 Å². The van der Waals surface area contributed by atoms with E-state index in [1.165, 1.54) is 12.1 Å². The van der Waals surface area contributed by atoms with E-state index in [0.717, 1.165) is 17.5 Å².